The van der Waals surface area contributed by atoms with Gasteiger partial charge in [-0.1, -0.05) is 52.1 Å². The third-order valence-corrected chi connectivity index (χ3v) is 8.43. The molecule has 0 rings (SSSR count). The van der Waals surface area contributed by atoms with E-state index in [1.807, 2.05) is 28.2 Å². The van der Waals surface area contributed by atoms with Gasteiger partial charge in [0, 0.05) is 41.3 Å². The number of rotatable bonds is 9. The summed E-state index contributed by atoms with van der Waals surface area (Å²) < 4.78 is 4.16. The Morgan fingerprint density at radius 2 is 0.846 bits per heavy atom. The van der Waals surface area contributed by atoms with Crippen LogP contribution in [0.4, 0.5) is 9.59 Å². The van der Waals surface area contributed by atoms with E-state index in [2.05, 4.69) is 48.4 Å². The number of amides is 4. The highest BCUT2D eigenvalue weighted by molar-refractivity contribution is 6.75. The molecule has 0 spiro atoms. The molecule has 0 aromatic carbocycles. The molecule has 0 aromatic heterocycles. The first-order valence-corrected chi connectivity index (χ1v) is 16.6. The van der Waals surface area contributed by atoms with Crippen molar-refractivity contribution in [1.29, 1.82) is 0 Å². The lowest BCUT2D eigenvalue weighted by molar-refractivity contribution is 0.192. The first-order chi connectivity index (χ1) is 11.7. The molecule has 4 amide bonds. The molecule has 0 aliphatic carbocycles. The van der Waals surface area contributed by atoms with Crippen molar-refractivity contribution in [2.24, 2.45) is 0 Å². The Hall–Kier alpha value is -1.03. The molecule has 0 unspecified atom stereocenters. The van der Waals surface area contributed by atoms with Gasteiger partial charge in [0.15, 0.2) is 16.5 Å². The van der Waals surface area contributed by atoms with Crippen LogP contribution in [0.15, 0.2) is 0 Å². The van der Waals surface area contributed by atoms with Crippen LogP contribution in [-0.2, 0) is 0 Å². The molecule has 0 aromatic rings. The maximum atomic E-state index is 12.4. The molecule has 0 aliphatic rings. The lowest BCUT2D eigenvalue weighted by Crippen LogP contribution is -2.53. The average molecular weight is 403 g/mol. The molecule has 0 radical (unpaired) electrons. The van der Waals surface area contributed by atoms with Crippen molar-refractivity contribution in [3.05, 3.63) is 0 Å². The number of hydrogen-bond donors (Lipinski definition) is 0. The predicted octanol–water partition coefficient (Wildman–Crippen LogP) is 4.18. The highest BCUT2D eigenvalue weighted by atomic mass is 28.3. The summed E-state index contributed by atoms with van der Waals surface area (Å²) in [6, 6.07) is 0.260. The van der Waals surface area contributed by atoms with Crippen LogP contribution < -0.4 is 0 Å². The minimum absolute atomic E-state index is 0.130. The fourth-order valence-corrected chi connectivity index (χ4v) is 6.02. The fourth-order valence-electron chi connectivity index (χ4n) is 2.81. The minimum atomic E-state index is -1.66. The quantitative estimate of drug-likeness (QED) is 0.429. The monoisotopic (exact) mass is 402 g/mol. The molecular formula is C18H42N4O2Si2. The molecule has 0 N–H and O–H groups in total. The van der Waals surface area contributed by atoms with Gasteiger partial charge in [0.05, 0.1) is 0 Å². The summed E-state index contributed by atoms with van der Waals surface area (Å²) in [7, 11) is 3.96. The third kappa shape index (κ3) is 8.57. The van der Waals surface area contributed by atoms with Crippen LogP contribution >= 0.6 is 0 Å². The lowest BCUT2D eigenvalue weighted by Gasteiger charge is -2.37. The Labute approximate surface area is 163 Å². The predicted molar refractivity (Wildman–Crippen MR) is 117 cm³/mol. The molecular weight excluding hydrogens is 360 g/mol. The maximum Gasteiger partial charge on any atom is 0.311 e. The summed E-state index contributed by atoms with van der Waals surface area (Å²) in [5.74, 6) is 0. The van der Waals surface area contributed by atoms with Gasteiger partial charge in [-0.15, -0.1) is 0 Å². The highest BCUT2D eigenvalue weighted by Crippen LogP contribution is 2.16. The van der Waals surface area contributed by atoms with Gasteiger partial charge < -0.3 is 18.9 Å². The van der Waals surface area contributed by atoms with E-state index in [0.717, 1.165) is 38.8 Å². The number of nitrogens with zero attached hydrogens (tertiary/aromatic N) is 4. The Balaban J connectivity index is 4.44. The molecule has 0 fully saturated rings. The largest absolute Gasteiger partial charge is 0.352 e. The van der Waals surface area contributed by atoms with Crippen LogP contribution in [0.5, 0.6) is 0 Å². The molecule has 0 aliphatic heterocycles. The normalized spacial score (nSPS) is 11.9. The van der Waals surface area contributed by atoms with Gasteiger partial charge in [0.1, 0.15) is 0 Å². The molecule has 0 saturated heterocycles. The first-order valence-electron chi connectivity index (χ1n) is 9.67. The SMILES string of the molecule is CN(C)C(=O)N(CCCCCCN(C(=O)N(C)C)[Si](C)(C)C)[Si](C)(C)C. The van der Waals surface area contributed by atoms with Gasteiger partial charge in [0.25, 0.3) is 0 Å². The molecule has 6 nitrogen and oxygen atoms in total. The number of urea groups is 2. The smallest absolute Gasteiger partial charge is 0.311 e. The summed E-state index contributed by atoms with van der Waals surface area (Å²) >= 11 is 0. The van der Waals surface area contributed by atoms with Crippen molar-refractivity contribution < 1.29 is 9.59 Å². The van der Waals surface area contributed by atoms with E-state index in [1.165, 1.54) is 0 Å². The zero-order valence-electron chi connectivity index (χ0n) is 18.8. The van der Waals surface area contributed by atoms with Crippen LogP contribution in [0.2, 0.25) is 39.3 Å². The molecule has 8 heteroatoms. The second-order valence-electron chi connectivity index (χ2n) is 9.41. The van der Waals surface area contributed by atoms with E-state index >= 15 is 0 Å². The van der Waals surface area contributed by atoms with Gasteiger partial charge in [0.2, 0.25) is 0 Å². The fraction of sp³-hybridized carbons (Fsp3) is 0.889. The van der Waals surface area contributed by atoms with Gasteiger partial charge in [-0.05, 0) is 12.8 Å². The first kappa shape index (κ1) is 25.0. The summed E-state index contributed by atoms with van der Waals surface area (Å²) in [5, 5.41) is 0. The van der Waals surface area contributed by atoms with Crippen LogP contribution in [0.25, 0.3) is 0 Å². The Morgan fingerprint density at radius 3 is 1.04 bits per heavy atom. The zero-order chi connectivity index (χ0) is 20.7. The zero-order valence-corrected chi connectivity index (χ0v) is 20.8. The standard InChI is InChI=1S/C18H42N4O2Si2/c1-19(2)17(23)21(25(5,6)7)15-13-11-12-14-16-22(26(8,9)10)18(24)20(3)4/h11-16H2,1-10H3. The summed E-state index contributed by atoms with van der Waals surface area (Å²) in [4.78, 5) is 28.1. The number of carbonyl (C=O) groups is 2. The van der Waals surface area contributed by atoms with Crippen LogP contribution in [-0.4, -0.2) is 88.7 Å². The van der Waals surface area contributed by atoms with E-state index < -0.39 is 16.5 Å². The molecule has 0 atom stereocenters. The molecule has 0 heterocycles. The molecule has 26 heavy (non-hydrogen) atoms. The van der Waals surface area contributed by atoms with E-state index in [0.29, 0.717) is 0 Å². The molecule has 154 valence electrons. The highest BCUT2D eigenvalue weighted by Gasteiger charge is 2.30. The van der Waals surface area contributed by atoms with Crippen LogP contribution in [0, 0.1) is 0 Å². The number of carbonyl (C=O) groups excluding carboxylic acids is 2. The summed E-state index contributed by atoms with van der Waals surface area (Å²) in [5.41, 5.74) is 0. The van der Waals surface area contributed by atoms with E-state index in [9.17, 15) is 9.59 Å². The van der Waals surface area contributed by atoms with Crippen molar-refractivity contribution in [3.63, 3.8) is 0 Å². The van der Waals surface area contributed by atoms with Gasteiger partial charge in [-0.25, -0.2) is 9.59 Å². The summed E-state index contributed by atoms with van der Waals surface area (Å²) in [6.07, 6.45) is 4.24. The van der Waals surface area contributed by atoms with Gasteiger partial charge in [-0.3, -0.25) is 0 Å². The van der Waals surface area contributed by atoms with Crippen molar-refractivity contribution in [2.45, 2.75) is 65.0 Å². The van der Waals surface area contributed by atoms with Crippen LogP contribution in [0.1, 0.15) is 25.7 Å². The minimum Gasteiger partial charge on any atom is -0.352 e. The van der Waals surface area contributed by atoms with E-state index in [4.69, 9.17) is 0 Å². The van der Waals surface area contributed by atoms with E-state index in [1.54, 1.807) is 9.80 Å². The number of unbranched alkanes of at least 4 members (excludes halogenated alkanes) is 3. The van der Waals surface area contributed by atoms with Crippen molar-refractivity contribution in [2.75, 3.05) is 41.3 Å². The molecule has 0 saturated carbocycles. The topological polar surface area (TPSA) is 47.1 Å². The van der Waals surface area contributed by atoms with Crippen molar-refractivity contribution in [3.8, 4) is 0 Å². The molecule has 0 bridgehead atoms. The average Bonchev–Trinajstić information content (AvgIpc) is 2.46. The van der Waals surface area contributed by atoms with Gasteiger partial charge >= 0.3 is 12.1 Å². The van der Waals surface area contributed by atoms with Gasteiger partial charge in [-0.2, -0.15) is 0 Å². The van der Waals surface area contributed by atoms with Crippen LogP contribution in [0.3, 0.4) is 0 Å². The second kappa shape index (κ2) is 10.3. The Kier molecular flexibility index (Phi) is 9.94. The Bertz CT molecular complexity index is 415. The van der Waals surface area contributed by atoms with Crippen molar-refractivity contribution in [1.82, 2.24) is 18.9 Å². The third-order valence-electron chi connectivity index (χ3n) is 4.36. The Morgan fingerprint density at radius 1 is 0.577 bits per heavy atom. The van der Waals surface area contributed by atoms with Crippen molar-refractivity contribution >= 4 is 28.5 Å². The second-order valence-corrected chi connectivity index (χ2v) is 19.2. The lowest BCUT2D eigenvalue weighted by atomic mass is 10.2. The summed E-state index contributed by atoms with van der Waals surface area (Å²) in [6.45, 7) is 15.0. The van der Waals surface area contributed by atoms with E-state index in [-0.39, 0.29) is 12.1 Å². The number of hydrogen-bond acceptors (Lipinski definition) is 2. The maximum absolute atomic E-state index is 12.4.